The van der Waals surface area contributed by atoms with E-state index in [1.165, 1.54) is 18.2 Å². The molecule has 0 aliphatic heterocycles. The molecular weight excluding hydrogens is 260 g/mol. The van der Waals surface area contributed by atoms with Crippen LogP contribution in [0.4, 0.5) is 11.4 Å². The van der Waals surface area contributed by atoms with Crippen molar-refractivity contribution in [1.29, 1.82) is 0 Å². The fourth-order valence-corrected chi connectivity index (χ4v) is 2.03. The zero-order valence-electron chi connectivity index (χ0n) is 10.8. The lowest BCUT2D eigenvalue weighted by Crippen LogP contribution is -2.27. The third kappa shape index (κ3) is 3.06. The zero-order valence-corrected chi connectivity index (χ0v) is 10.8. The molecular formula is C14H14N2O4. The number of nitrogens with zero attached hydrogens (tertiary/aromatic N) is 2. The van der Waals surface area contributed by atoms with Gasteiger partial charge < -0.3 is 10.0 Å². The van der Waals surface area contributed by atoms with Gasteiger partial charge in [0.05, 0.1) is 17.0 Å². The van der Waals surface area contributed by atoms with Crippen molar-refractivity contribution in [2.24, 2.45) is 5.92 Å². The van der Waals surface area contributed by atoms with Gasteiger partial charge in [0.1, 0.15) is 5.69 Å². The van der Waals surface area contributed by atoms with E-state index in [2.05, 4.69) is 5.92 Å². The molecule has 0 saturated heterocycles. The fraction of sp³-hybridized carbons (Fsp3) is 0.357. The average molecular weight is 274 g/mol. The number of rotatable bonds is 6. The van der Waals surface area contributed by atoms with Gasteiger partial charge in [-0.15, -0.1) is 6.42 Å². The van der Waals surface area contributed by atoms with Crippen molar-refractivity contribution in [3.05, 3.63) is 33.9 Å². The van der Waals surface area contributed by atoms with Crippen LogP contribution in [0.5, 0.6) is 0 Å². The number of aromatic carboxylic acids is 1. The molecule has 20 heavy (non-hydrogen) atoms. The molecule has 104 valence electrons. The lowest BCUT2D eigenvalue weighted by molar-refractivity contribution is -0.384. The Hall–Kier alpha value is -2.55. The van der Waals surface area contributed by atoms with E-state index in [9.17, 15) is 14.9 Å². The summed E-state index contributed by atoms with van der Waals surface area (Å²) in [5.41, 5.74) is 0.175. The normalized spacial score (nSPS) is 13.6. The van der Waals surface area contributed by atoms with Gasteiger partial charge in [-0.25, -0.2) is 4.79 Å². The van der Waals surface area contributed by atoms with Crippen molar-refractivity contribution in [2.75, 3.05) is 18.0 Å². The molecule has 1 fully saturated rings. The molecule has 6 nitrogen and oxygen atoms in total. The number of carboxylic acid groups (broad SMARTS) is 1. The molecule has 0 aromatic heterocycles. The summed E-state index contributed by atoms with van der Waals surface area (Å²) in [5.74, 6) is 1.84. The number of nitro benzene ring substituents is 1. The third-order valence-corrected chi connectivity index (χ3v) is 3.22. The second-order valence-electron chi connectivity index (χ2n) is 4.79. The number of carboxylic acids is 1. The van der Waals surface area contributed by atoms with Crippen molar-refractivity contribution >= 4 is 17.3 Å². The van der Waals surface area contributed by atoms with E-state index in [4.69, 9.17) is 11.5 Å². The van der Waals surface area contributed by atoms with Gasteiger partial charge in [0.15, 0.2) is 0 Å². The van der Waals surface area contributed by atoms with Gasteiger partial charge in [0.25, 0.3) is 5.69 Å². The molecule has 0 atom stereocenters. The second kappa shape index (κ2) is 5.61. The number of hydrogen-bond acceptors (Lipinski definition) is 4. The highest BCUT2D eigenvalue weighted by molar-refractivity contribution is 5.90. The third-order valence-electron chi connectivity index (χ3n) is 3.22. The number of benzene rings is 1. The van der Waals surface area contributed by atoms with Crippen LogP contribution < -0.4 is 4.90 Å². The maximum atomic E-state index is 11.1. The van der Waals surface area contributed by atoms with Crippen molar-refractivity contribution in [2.45, 2.75) is 12.8 Å². The van der Waals surface area contributed by atoms with Crippen molar-refractivity contribution in [3.8, 4) is 12.3 Å². The van der Waals surface area contributed by atoms with Gasteiger partial charge >= 0.3 is 5.97 Å². The summed E-state index contributed by atoms with van der Waals surface area (Å²) >= 11 is 0. The van der Waals surface area contributed by atoms with E-state index in [1.54, 1.807) is 4.90 Å². The molecule has 1 aliphatic carbocycles. The topological polar surface area (TPSA) is 83.7 Å². The van der Waals surface area contributed by atoms with Gasteiger partial charge in [-0.3, -0.25) is 10.1 Å². The minimum atomic E-state index is -1.12. The molecule has 0 spiro atoms. The first-order valence-electron chi connectivity index (χ1n) is 6.23. The van der Waals surface area contributed by atoms with Gasteiger partial charge in [-0.2, -0.15) is 0 Å². The van der Waals surface area contributed by atoms with E-state index >= 15 is 0 Å². The van der Waals surface area contributed by atoms with E-state index < -0.39 is 10.9 Å². The van der Waals surface area contributed by atoms with Crippen LogP contribution in [-0.2, 0) is 0 Å². The van der Waals surface area contributed by atoms with Crippen LogP contribution in [0.1, 0.15) is 23.2 Å². The SMILES string of the molecule is C#CCN(CC1CC1)c1cc(C(=O)O)ccc1[N+](=O)[O-]. The summed E-state index contributed by atoms with van der Waals surface area (Å²) in [7, 11) is 0. The molecule has 1 aromatic carbocycles. The Kier molecular flexibility index (Phi) is 3.89. The summed E-state index contributed by atoms with van der Waals surface area (Å²) in [6, 6.07) is 3.77. The summed E-state index contributed by atoms with van der Waals surface area (Å²) in [4.78, 5) is 23.3. The Morgan fingerprint density at radius 3 is 2.75 bits per heavy atom. The molecule has 0 unspecified atom stereocenters. The number of carbonyl (C=O) groups is 1. The van der Waals surface area contributed by atoms with E-state index in [-0.39, 0.29) is 23.5 Å². The lowest BCUT2D eigenvalue weighted by atomic mass is 10.1. The van der Waals surface area contributed by atoms with Crippen LogP contribution in [0.3, 0.4) is 0 Å². The Bertz CT molecular complexity index is 587. The highest BCUT2D eigenvalue weighted by atomic mass is 16.6. The van der Waals surface area contributed by atoms with Gasteiger partial charge in [-0.05, 0) is 30.9 Å². The van der Waals surface area contributed by atoms with Crippen LogP contribution in [-0.4, -0.2) is 29.1 Å². The predicted molar refractivity (Wildman–Crippen MR) is 73.8 cm³/mol. The molecule has 0 amide bonds. The van der Waals surface area contributed by atoms with E-state index in [0.29, 0.717) is 12.5 Å². The van der Waals surface area contributed by atoms with Crippen molar-refractivity contribution < 1.29 is 14.8 Å². The second-order valence-corrected chi connectivity index (χ2v) is 4.79. The van der Waals surface area contributed by atoms with Gasteiger partial charge in [0.2, 0.25) is 0 Å². The Morgan fingerprint density at radius 1 is 1.55 bits per heavy atom. The van der Waals surface area contributed by atoms with Crippen LogP contribution in [0, 0.1) is 28.4 Å². The molecule has 0 heterocycles. The standard InChI is InChI=1S/C14H14N2O4/c1-2-7-15(9-10-3-4-10)13-8-11(14(17)18)5-6-12(13)16(19)20/h1,5-6,8,10H,3-4,7,9H2,(H,17,18). The summed E-state index contributed by atoms with van der Waals surface area (Å²) in [5, 5.41) is 20.1. The first kappa shape index (κ1) is 13.9. The summed E-state index contributed by atoms with van der Waals surface area (Å²) in [6.07, 6.45) is 7.46. The summed E-state index contributed by atoms with van der Waals surface area (Å²) < 4.78 is 0. The first-order chi connectivity index (χ1) is 9.52. The quantitative estimate of drug-likeness (QED) is 0.488. The van der Waals surface area contributed by atoms with Crippen LogP contribution >= 0.6 is 0 Å². The number of terminal acetylenes is 1. The average Bonchev–Trinajstić information content (AvgIpc) is 3.21. The lowest BCUT2D eigenvalue weighted by Gasteiger charge is -2.22. The van der Waals surface area contributed by atoms with Gasteiger partial charge in [0, 0.05) is 12.6 Å². The molecule has 1 aromatic rings. The van der Waals surface area contributed by atoms with Crippen LogP contribution in [0.15, 0.2) is 18.2 Å². The molecule has 1 N–H and O–H groups in total. The largest absolute Gasteiger partial charge is 0.478 e. The minimum absolute atomic E-state index is 0.0171. The Morgan fingerprint density at radius 2 is 2.25 bits per heavy atom. The monoisotopic (exact) mass is 274 g/mol. The number of hydrogen-bond donors (Lipinski definition) is 1. The molecule has 2 rings (SSSR count). The van der Waals surface area contributed by atoms with Crippen LogP contribution in [0.2, 0.25) is 0 Å². The summed E-state index contributed by atoms with van der Waals surface area (Å²) in [6.45, 7) is 0.842. The highest BCUT2D eigenvalue weighted by Crippen LogP contribution is 2.35. The maximum absolute atomic E-state index is 11.1. The van der Waals surface area contributed by atoms with E-state index in [1.807, 2.05) is 0 Å². The van der Waals surface area contributed by atoms with E-state index in [0.717, 1.165) is 12.8 Å². The Labute approximate surface area is 116 Å². The predicted octanol–water partition coefficient (Wildman–Crippen LogP) is 2.14. The molecule has 0 bridgehead atoms. The molecule has 1 saturated carbocycles. The molecule has 1 aliphatic rings. The number of anilines is 1. The van der Waals surface area contributed by atoms with Crippen LogP contribution in [0.25, 0.3) is 0 Å². The zero-order chi connectivity index (χ0) is 14.7. The smallest absolute Gasteiger partial charge is 0.335 e. The highest BCUT2D eigenvalue weighted by Gasteiger charge is 2.28. The maximum Gasteiger partial charge on any atom is 0.335 e. The number of nitro groups is 1. The van der Waals surface area contributed by atoms with Crippen molar-refractivity contribution in [1.82, 2.24) is 0 Å². The Balaban J connectivity index is 2.42. The van der Waals surface area contributed by atoms with Crippen molar-refractivity contribution in [3.63, 3.8) is 0 Å². The molecule has 0 radical (unpaired) electrons. The fourth-order valence-electron chi connectivity index (χ4n) is 2.03. The minimum Gasteiger partial charge on any atom is -0.478 e. The van der Waals surface area contributed by atoms with Gasteiger partial charge in [-0.1, -0.05) is 5.92 Å². The first-order valence-corrected chi connectivity index (χ1v) is 6.23. The molecule has 6 heteroatoms.